The van der Waals surface area contributed by atoms with E-state index < -0.39 is 6.17 Å². The molecular weight excluding hydrogens is 302 g/mol. The molecule has 0 spiro atoms. The first kappa shape index (κ1) is 20.5. The third-order valence-corrected chi connectivity index (χ3v) is 3.68. The van der Waals surface area contributed by atoms with Crippen molar-refractivity contribution in [2.24, 2.45) is 11.5 Å². The SMILES string of the molecule is CCCCOC/C=C\CN(CCC(=O)C(N)N)Cc1ccccc1. The largest absolute Gasteiger partial charge is 0.377 e. The van der Waals surface area contributed by atoms with Gasteiger partial charge in [0.1, 0.15) is 6.17 Å². The van der Waals surface area contributed by atoms with Crippen LogP contribution in [0.4, 0.5) is 0 Å². The number of carbonyl (C=O) groups excluding carboxylic acids is 1. The molecule has 5 nitrogen and oxygen atoms in total. The van der Waals surface area contributed by atoms with E-state index in [0.717, 1.165) is 32.5 Å². The molecule has 0 aliphatic heterocycles. The van der Waals surface area contributed by atoms with Crippen molar-refractivity contribution < 1.29 is 9.53 Å². The monoisotopic (exact) mass is 333 g/mol. The van der Waals surface area contributed by atoms with Crippen LogP contribution in [-0.4, -0.2) is 43.2 Å². The Bertz CT molecular complexity index is 475. The number of ether oxygens (including phenoxy) is 1. The van der Waals surface area contributed by atoms with Gasteiger partial charge in [0.05, 0.1) is 6.61 Å². The van der Waals surface area contributed by atoms with Gasteiger partial charge in [-0.15, -0.1) is 0 Å². The molecule has 0 fully saturated rings. The Kier molecular flexibility index (Phi) is 11.0. The predicted molar refractivity (Wildman–Crippen MR) is 98.4 cm³/mol. The van der Waals surface area contributed by atoms with Crippen LogP contribution < -0.4 is 11.5 Å². The summed E-state index contributed by atoms with van der Waals surface area (Å²) in [5, 5.41) is 0. The second kappa shape index (κ2) is 12.8. The number of ketones is 1. The van der Waals surface area contributed by atoms with Gasteiger partial charge in [-0.3, -0.25) is 9.69 Å². The van der Waals surface area contributed by atoms with Crippen molar-refractivity contribution in [1.82, 2.24) is 4.90 Å². The molecule has 1 aromatic carbocycles. The van der Waals surface area contributed by atoms with Crippen LogP contribution >= 0.6 is 0 Å². The second-order valence-corrected chi connectivity index (χ2v) is 5.86. The summed E-state index contributed by atoms with van der Waals surface area (Å²) >= 11 is 0. The molecule has 4 N–H and O–H groups in total. The number of hydrogen-bond donors (Lipinski definition) is 2. The molecule has 1 aromatic rings. The van der Waals surface area contributed by atoms with Gasteiger partial charge in [0.15, 0.2) is 5.78 Å². The molecule has 0 aliphatic rings. The van der Waals surface area contributed by atoms with Gasteiger partial charge in [0, 0.05) is 32.7 Å². The Morgan fingerprint density at radius 2 is 2.00 bits per heavy atom. The quantitative estimate of drug-likeness (QED) is 0.328. The van der Waals surface area contributed by atoms with Crippen molar-refractivity contribution in [1.29, 1.82) is 0 Å². The van der Waals surface area contributed by atoms with Crippen LogP contribution in [0.15, 0.2) is 42.5 Å². The van der Waals surface area contributed by atoms with E-state index in [0.29, 0.717) is 19.6 Å². The van der Waals surface area contributed by atoms with Gasteiger partial charge in [0.25, 0.3) is 0 Å². The molecule has 0 atom stereocenters. The Morgan fingerprint density at radius 3 is 2.67 bits per heavy atom. The molecular formula is C19H31N3O2. The van der Waals surface area contributed by atoms with Crippen molar-refractivity contribution in [2.75, 3.05) is 26.3 Å². The maximum Gasteiger partial charge on any atom is 0.165 e. The fourth-order valence-corrected chi connectivity index (χ4v) is 2.20. The highest BCUT2D eigenvalue weighted by Crippen LogP contribution is 2.05. The number of Topliss-reactive ketones (excluding diaryl/α,β-unsaturated/α-hetero) is 1. The molecule has 24 heavy (non-hydrogen) atoms. The Hall–Kier alpha value is -1.53. The number of nitrogens with zero attached hydrogens (tertiary/aromatic N) is 1. The summed E-state index contributed by atoms with van der Waals surface area (Å²) in [5.41, 5.74) is 12.1. The summed E-state index contributed by atoms with van der Waals surface area (Å²) in [4.78, 5) is 13.9. The summed E-state index contributed by atoms with van der Waals surface area (Å²) in [6, 6.07) is 10.2. The van der Waals surface area contributed by atoms with Crippen LogP contribution in [0.3, 0.4) is 0 Å². The van der Waals surface area contributed by atoms with Crippen LogP contribution in [0, 0.1) is 0 Å². The lowest BCUT2D eigenvalue weighted by Gasteiger charge is -2.21. The Morgan fingerprint density at radius 1 is 1.25 bits per heavy atom. The van der Waals surface area contributed by atoms with Crippen LogP contribution in [0.5, 0.6) is 0 Å². The number of hydrogen-bond acceptors (Lipinski definition) is 5. The van der Waals surface area contributed by atoms with Crippen molar-refractivity contribution >= 4 is 5.78 Å². The standard InChI is InChI=1S/C19H31N3O2/c1-2-3-14-24-15-8-7-12-22(13-11-18(23)19(20)21)16-17-9-5-4-6-10-17/h4-10,19H,2-3,11-16,20-21H2,1H3/b8-7-. The third kappa shape index (κ3) is 9.57. The Balaban J connectivity index is 2.44. The highest BCUT2D eigenvalue weighted by molar-refractivity contribution is 5.83. The molecule has 0 aromatic heterocycles. The van der Waals surface area contributed by atoms with Gasteiger partial charge in [0.2, 0.25) is 0 Å². The van der Waals surface area contributed by atoms with Crippen molar-refractivity contribution in [3.05, 3.63) is 48.0 Å². The lowest BCUT2D eigenvalue weighted by atomic mass is 10.2. The number of rotatable bonds is 13. The molecule has 1 rings (SSSR count). The number of unbranched alkanes of at least 4 members (excludes halogenated alkanes) is 1. The highest BCUT2D eigenvalue weighted by Gasteiger charge is 2.11. The maximum absolute atomic E-state index is 11.7. The summed E-state index contributed by atoms with van der Waals surface area (Å²) in [5.74, 6) is -0.111. The minimum Gasteiger partial charge on any atom is -0.377 e. The lowest BCUT2D eigenvalue weighted by Crippen LogP contribution is -2.40. The van der Waals surface area contributed by atoms with Crippen molar-refractivity contribution in [3.8, 4) is 0 Å². The van der Waals surface area contributed by atoms with Gasteiger partial charge in [-0.25, -0.2) is 0 Å². The third-order valence-electron chi connectivity index (χ3n) is 3.68. The molecule has 0 radical (unpaired) electrons. The maximum atomic E-state index is 11.7. The minimum absolute atomic E-state index is 0.111. The molecule has 0 aliphatic carbocycles. The molecule has 0 bridgehead atoms. The van der Waals surface area contributed by atoms with E-state index in [9.17, 15) is 4.79 Å². The lowest BCUT2D eigenvalue weighted by molar-refractivity contribution is -0.120. The molecule has 0 heterocycles. The smallest absolute Gasteiger partial charge is 0.165 e. The fourth-order valence-electron chi connectivity index (χ4n) is 2.20. The fraction of sp³-hybridized carbons (Fsp3) is 0.526. The van der Waals surface area contributed by atoms with Crippen molar-refractivity contribution in [2.45, 2.75) is 38.9 Å². The van der Waals surface area contributed by atoms with E-state index in [1.54, 1.807) is 0 Å². The molecule has 0 unspecified atom stereocenters. The summed E-state index contributed by atoms with van der Waals surface area (Å²) in [7, 11) is 0. The topological polar surface area (TPSA) is 81.6 Å². The van der Waals surface area contributed by atoms with E-state index in [-0.39, 0.29) is 5.78 Å². The zero-order valence-electron chi connectivity index (χ0n) is 14.7. The zero-order chi connectivity index (χ0) is 17.6. The average molecular weight is 333 g/mol. The normalized spacial score (nSPS) is 11.7. The summed E-state index contributed by atoms with van der Waals surface area (Å²) < 4.78 is 5.51. The zero-order valence-corrected chi connectivity index (χ0v) is 14.7. The first-order valence-corrected chi connectivity index (χ1v) is 8.66. The van der Waals surface area contributed by atoms with Crippen LogP contribution in [-0.2, 0) is 16.1 Å². The van der Waals surface area contributed by atoms with E-state index >= 15 is 0 Å². The number of nitrogens with two attached hydrogens (primary N) is 2. The van der Waals surface area contributed by atoms with Gasteiger partial charge >= 0.3 is 0 Å². The average Bonchev–Trinajstić information content (AvgIpc) is 2.59. The molecule has 0 amide bonds. The van der Waals surface area contributed by atoms with Gasteiger partial charge in [-0.05, 0) is 12.0 Å². The Labute approximate surface area is 145 Å². The highest BCUT2D eigenvalue weighted by atomic mass is 16.5. The number of benzene rings is 1. The van der Waals surface area contributed by atoms with Gasteiger partial charge < -0.3 is 16.2 Å². The number of carbonyl (C=O) groups is 1. The van der Waals surface area contributed by atoms with Crippen LogP contribution in [0.25, 0.3) is 0 Å². The molecule has 0 saturated heterocycles. The summed E-state index contributed by atoms with van der Waals surface area (Å²) in [6.07, 6.45) is 5.84. The van der Waals surface area contributed by atoms with E-state index in [2.05, 4.69) is 30.0 Å². The second-order valence-electron chi connectivity index (χ2n) is 5.86. The van der Waals surface area contributed by atoms with Crippen LogP contribution in [0.2, 0.25) is 0 Å². The first-order valence-electron chi connectivity index (χ1n) is 8.66. The molecule has 5 heteroatoms. The first-order chi connectivity index (χ1) is 11.6. The van der Waals surface area contributed by atoms with Gasteiger partial charge in [-0.2, -0.15) is 0 Å². The predicted octanol–water partition coefficient (Wildman–Crippen LogP) is 2.06. The minimum atomic E-state index is -0.883. The molecule has 134 valence electrons. The van der Waals surface area contributed by atoms with Crippen molar-refractivity contribution in [3.63, 3.8) is 0 Å². The van der Waals surface area contributed by atoms with E-state index in [1.807, 2.05) is 24.3 Å². The van der Waals surface area contributed by atoms with Gasteiger partial charge in [-0.1, -0.05) is 55.8 Å². The summed E-state index contributed by atoms with van der Waals surface area (Å²) in [6.45, 7) is 5.77. The van der Waals surface area contributed by atoms with Crippen LogP contribution in [0.1, 0.15) is 31.7 Å². The van der Waals surface area contributed by atoms with E-state index in [4.69, 9.17) is 16.2 Å². The molecule has 0 saturated carbocycles. The van der Waals surface area contributed by atoms with E-state index in [1.165, 1.54) is 5.56 Å².